The number of nitrogen functional groups attached to an aromatic ring is 1. The lowest BCUT2D eigenvalue weighted by Crippen LogP contribution is -2.21. The average Bonchev–Trinajstić information content (AvgIpc) is 2.39. The van der Waals surface area contributed by atoms with Gasteiger partial charge in [0.2, 0.25) is 0 Å². The Hall–Kier alpha value is -2.10. The lowest BCUT2D eigenvalue weighted by atomic mass is 10.0. The molecule has 1 heterocycles. The highest BCUT2D eigenvalue weighted by Crippen LogP contribution is 2.29. The SMILES string of the molecule is CC(C)c1c(N)ncnc1N(C)Cc1ccccc1. The Morgan fingerprint density at radius 3 is 2.47 bits per heavy atom. The Morgan fingerprint density at radius 1 is 1.16 bits per heavy atom. The van der Waals surface area contributed by atoms with Gasteiger partial charge in [0, 0.05) is 19.2 Å². The molecule has 0 unspecified atom stereocenters. The number of anilines is 2. The minimum atomic E-state index is 0.300. The molecule has 1 aromatic heterocycles. The van der Waals surface area contributed by atoms with Crippen LogP contribution in [0.25, 0.3) is 0 Å². The van der Waals surface area contributed by atoms with E-state index in [1.54, 1.807) is 0 Å². The summed E-state index contributed by atoms with van der Waals surface area (Å²) in [5, 5.41) is 0. The van der Waals surface area contributed by atoms with Crippen LogP contribution < -0.4 is 10.6 Å². The summed E-state index contributed by atoms with van der Waals surface area (Å²) in [5.41, 5.74) is 8.24. The van der Waals surface area contributed by atoms with Crippen molar-refractivity contribution < 1.29 is 0 Å². The summed E-state index contributed by atoms with van der Waals surface area (Å²) in [6.07, 6.45) is 1.53. The van der Waals surface area contributed by atoms with Crippen LogP contribution in [0.5, 0.6) is 0 Å². The zero-order valence-electron chi connectivity index (χ0n) is 11.7. The second-order valence-electron chi connectivity index (χ2n) is 4.99. The van der Waals surface area contributed by atoms with Crippen LogP contribution in [0.2, 0.25) is 0 Å². The van der Waals surface area contributed by atoms with E-state index in [0.29, 0.717) is 11.7 Å². The van der Waals surface area contributed by atoms with E-state index in [0.717, 1.165) is 17.9 Å². The van der Waals surface area contributed by atoms with Crippen molar-refractivity contribution in [2.75, 3.05) is 17.7 Å². The van der Waals surface area contributed by atoms with Gasteiger partial charge in [-0.05, 0) is 11.5 Å². The Balaban J connectivity index is 2.29. The van der Waals surface area contributed by atoms with Gasteiger partial charge in [-0.3, -0.25) is 0 Å². The number of rotatable bonds is 4. The molecular weight excluding hydrogens is 236 g/mol. The van der Waals surface area contributed by atoms with Crippen LogP contribution in [0, 0.1) is 0 Å². The standard InChI is InChI=1S/C15H20N4/c1-11(2)13-14(16)17-10-18-15(13)19(3)9-12-7-5-4-6-8-12/h4-8,10-11H,9H2,1-3H3,(H2,16,17,18). The van der Waals surface area contributed by atoms with Crippen LogP contribution in [-0.2, 0) is 6.54 Å². The molecule has 0 fully saturated rings. The Morgan fingerprint density at radius 2 is 1.84 bits per heavy atom. The maximum absolute atomic E-state index is 5.98. The van der Waals surface area contributed by atoms with Crippen molar-refractivity contribution in [2.24, 2.45) is 0 Å². The number of aromatic nitrogens is 2. The van der Waals surface area contributed by atoms with Crippen LogP contribution in [0.4, 0.5) is 11.6 Å². The predicted octanol–water partition coefficient (Wildman–Crippen LogP) is 2.82. The molecule has 0 aliphatic carbocycles. The van der Waals surface area contributed by atoms with Gasteiger partial charge in [0.25, 0.3) is 0 Å². The summed E-state index contributed by atoms with van der Waals surface area (Å²) in [5.74, 6) is 1.78. The molecule has 4 heteroatoms. The quantitative estimate of drug-likeness (QED) is 0.914. The topological polar surface area (TPSA) is 55.0 Å². The first kappa shape index (κ1) is 13.3. The van der Waals surface area contributed by atoms with E-state index in [4.69, 9.17) is 5.73 Å². The van der Waals surface area contributed by atoms with Crippen LogP contribution in [0.15, 0.2) is 36.7 Å². The molecule has 0 saturated carbocycles. The van der Waals surface area contributed by atoms with Gasteiger partial charge in [0.15, 0.2) is 0 Å². The van der Waals surface area contributed by atoms with Gasteiger partial charge in [-0.15, -0.1) is 0 Å². The Labute approximate surface area is 114 Å². The third kappa shape index (κ3) is 3.02. The molecule has 100 valence electrons. The average molecular weight is 256 g/mol. The molecule has 0 aliphatic rings. The van der Waals surface area contributed by atoms with Crippen LogP contribution in [0.3, 0.4) is 0 Å². The highest BCUT2D eigenvalue weighted by Gasteiger charge is 2.16. The molecular formula is C15H20N4. The van der Waals surface area contributed by atoms with E-state index in [1.807, 2.05) is 25.2 Å². The van der Waals surface area contributed by atoms with Gasteiger partial charge in [0.05, 0.1) is 0 Å². The summed E-state index contributed by atoms with van der Waals surface area (Å²) in [7, 11) is 2.03. The van der Waals surface area contributed by atoms with Gasteiger partial charge in [0.1, 0.15) is 18.0 Å². The van der Waals surface area contributed by atoms with E-state index in [9.17, 15) is 0 Å². The van der Waals surface area contributed by atoms with E-state index in [2.05, 4.69) is 40.8 Å². The first-order valence-corrected chi connectivity index (χ1v) is 6.45. The second-order valence-corrected chi connectivity index (χ2v) is 4.99. The second kappa shape index (κ2) is 5.69. The molecule has 1 aromatic carbocycles. The van der Waals surface area contributed by atoms with Crippen LogP contribution >= 0.6 is 0 Å². The Bertz CT molecular complexity index is 537. The largest absolute Gasteiger partial charge is 0.383 e. The van der Waals surface area contributed by atoms with E-state index < -0.39 is 0 Å². The van der Waals surface area contributed by atoms with Crippen molar-refractivity contribution in [2.45, 2.75) is 26.3 Å². The van der Waals surface area contributed by atoms with Gasteiger partial charge in [-0.2, -0.15) is 0 Å². The minimum absolute atomic E-state index is 0.300. The summed E-state index contributed by atoms with van der Waals surface area (Å²) < 4.78 is 0. The zero-order chi connectivity index (χ0) is 13.8. The van der Waals surface area contributed by atoms with Gasteiger partial charge >= 0.3 is 0 Å². The van der Waals surface area contributed by atoms with Crippen molar-refractivity contribution in [1.29, 1.82) is 0 Å². The van der Waals surface area contributed by atoms with Crippen molar-refractivity contribution in [3.63, 3.8) is 0 Å². The predicted molar refractivity (Wildman–Crippen MR) is 79.1 cm³/mol. The lowest BCUT2D eigenvalue weighted by molar-refractivity contribution is 0.812. The first-order valence-electron chi connectivity index (χ1n) is 6.45. The molecule has 4 nitrogen and oxygen atoms in total. The van der Waals surface area contributed by atoms with Crippen molar-refractivity contribution in [1.82, 2.24) is 9.97 Å². The molecule has 0 spiro atoms. The fraction of sp³-hybridized carbons (Fsp3) is 0.333. The lowest BCUT2D eigenvalue weighted by Gasteiger charge is -2.23. The van der Waals surface area contributed by atoms with Crippen molar-refractivity contribution in [3.8, 4) is 0 Å². The molecule has 0 aliphatic heterocycles. The normalized spacial score (nSPS) is 10.7. The van der Waals surface area contributed by atoms with Gasteiger partial charge in [-0.1, -0.05) is 44.2 Å². The smallest absolute Gasteiger partial charge is 0.137 e. The third-order valence-corrected chi connectivity index (χ3v) is 3.10. The molecule has 2 N–H and O–H groups in total. The van der Waals surface area contributed by atoms with E-state index in [-0.39, 0.29) is 0 Å². The first-order chi connectivity index (χ1) is 9.09. The zero-order valence-corrected chi connectivity index (χ0v) is 11.7. The summed E-state index contributed by atoms with van der Waals surface area (Å²) >= 11 is 0. The highest BCUT2D eigenvalue weighted by atomic mass is 15.2. The number of hydrogen-bond donors (Lipinski definition) is 1. The molecule has 0 saturated heterocycles. The van der Waals surface area contributed by atoms with E-state index >= 15 is 0 Å². The molecule has 0 atom stereocenters. The van der Waals surface area contributed by atoms with Gasteiger partial charge < -0.3 is 10.6 Å². The number of benzene rings is 1. The van der Waals surface area contributed by atoms with Crippen LogP contribution in [-0.4, -0.2) is 17.0 Å². The fourth-order valence-corrected chi connectivity index (χ4v) is 2.19. The highest BCUT2D eigenvalue weighted by molar-refractivity contribution is 5.58. The van der Waals surface area contributed by atoms with Crippen molar-refractivity contribution in [3.05, 3.63) is 47.8 Å². The summed E-state index contributed by atoms with van der Waals surface area (Å²) in [6.45, 7) is 5.01. The monoisotopic (exact) mass is 256 g/mol. The van der Waals surface area contributed by atoms with Gasteiger partial charge in [-0.25, -0.2) is 9.97 Å². The number of nitrogens with two attached hydrogens (primary N) is 1. The molecule has 2 aromatic rings. The van der Waals surface area contributed by atoms with Crippen LogP contribution in [0.1, 0.15) is 30.9 Å². The summed E-state index contributed by atoms with van der Waals surface area (Å²) in [4.78, 5) is 10.6. The molecule has 19 heavy (non-hydrogen) atoms. The fourth-order valence-electron chi connectivity index (χ4n) is 2.19. The molecule has 0 radical (unpaired) electrons. The Kier molecular flexibility index (Phi) is 4.00. The summed E-state index contributed by atoms with van der Waals surface area (Å²) in [6, 6.07) is 10.3. The third-order valence-electron chi connectivity index (χ3n) is 3.10. The maximum Gasteiger partial charge on any atom is 0.137 e. The minimum Gasteiger partial charge on any atom is -0.383 e. The molecule has 0 bridgehead atoms. The number of nitrogens with zero attached hydrogens (tertiary/aromatic N) is 3. The van der Waals surface area contributed by atoms with Crippen molar-refractivity contribution >= 4 is 11.6 Å². The van der Waals surface area contributed by atoms with E-state index in [1.165, 1.54) is 11.9 Å². The number of hydrogen-bond acceptors (Lipinski definition) is 4. The molecule has 0 amide bonds. The maximum atomic E-state index is 5.98. The molecule has 2 rings (SSSR count).